The van der Waals surface area contributed by atoms with Gasteiger partial charge < -0.3 is 16.4 Å². The lowest BCUT2D eigenvalue weighted by molar-refractivity contribution is 0.249. The van der Waals surface area contributed by atoms with Crippen molar-refractivity contribution in [3.8, 4) is 0 Å². The van der Waals surface area contributed by atoms with E-state index in [1.165, 1.54) is 38.5 Å². The molecule has 2 amide bonds. The maximum Gasteiger partial charge on any atom is 0.312 e. The molecular formula is C11H23N3O. The zero-order valence-electron chi connectivity index (χ0n) is 9.43. The van der Waals surface area contributed by atoms with Crippen LogP contribution in [0, 0.1) is 5.92 Å². The highest BCUT2D eigenvalue weighted by atomic mass is 16.2. The van der Waals surface area contributed by atoms with Crippen LogP contribution in [0.5, 0.6) is 0 Å². The minimum atomic E-state index is -0.439. The van der Waals surface area contributed by atoms with E-state index in [0.29, 0.717) is 6.54 Å². The first-order valence-corrected chi connectivity index (χ1v) is 6.03. The molecule has 1 aliphatic carbocycles. The van der Waals surface area contributed by atoms with Crippen molar-refractivity contribution in [2.45, 2.75) is 38.5 Å². The van der Waals surface area contributed by atoms with Crippen molar-refractivity contribution >= 4 is 6.03 Å². The first kappa shape index (κ1) is 12.3. The molecule has 0 aromatic heterocycles. The summed E-state index contributed by atoms with van der Waals surface area (Å²) < 4.78 is 0. The van der Waals surface area contributed by atoms with Crippen LogP contribution < -0.4 is 16.4 Å². The average molecular weight is 213 g/mol. The molecule has 0 heterocycles. The van der Waals surface area contributed by atoms with Gasteiger partial charge in [0.2, 0.25) is 0 Å². The third kappa shape index (κ3) is 6.33. The van der Waals surface area contributed by atoms with Crippen LogP contribution in [0.15, 0.2) is 0 Å². The molecule has 1 fully saturated rings. The summed E-state index contributed by atoms with van der Waals surface area (Å²) in [6.45, 7) is 2.53. The number of hydrogen-bond donors (Lipinski definition) is 3. The number of amides is 2. The summed E-state index contributed by atoms with van der Waals surface area (Å²) in [5.41, 5.74) is 4.96. The third-order valence-corrected chi connectivity index (χ3v) is 3.01. The third-order valence-electron chi connectivity index (χ3n) is 3.01. The van der Waals surface area contributed by atoms with Crippen molar-refractivity contribution < 1.29 is 4.79 Å². The molecule has 4 N–H and O–H groups in total. The van der Waals surface area contributed by atoms with Gasteiger partial charge in [-0.3, -0.25) is 0 Å². The quantitative estimate of drug-likeness (QED) is 0.475. The summed E-state index contributed by atoms with van der Waals surface area (Å²) in [5.74, 6) is 0.834. The fraction of sp³-hybridized carbons (Fsp3) is 0.909. The Bertz CT molecular complexity index is 177. The van der Waals surface area contributed by atoms with Crippen LogP contribution in [0.1, 0.15) is 38.5 Å². The number of urea groups is 1. The molecule has 1 saturated carbocycles. The Hall–Kier alpha value is -0.770. The van der Waals surface area contributed by atoms with E-state index in [-0.39, 0.29) is 0 Å². The predicted octanol–water partition coefficient (Wildman–Crippen LogP) is 1.21. The molecule has 4 heteroatoms. The Morgan fingerprint density at radius 3 is 2.40 bits per heavy atom. The average Bonchev–Trinajstić information content (AvgIpc) is 2.45. The van der Waals surface area contributed by atoms with Gasteiger partial charge in [0.05, 0.1) is 0 Å². The molecule has 0 aliphatic heterocycles. The molecule has 15 heavy (non-hydrogen) atoms. The van der Waals surface area contributed by atoms with Crippen molar-refractivity contribution in [1.29, 1.82) is 0 Å². The lowest BCUT2D eigenvalue weighted by atomic mass is 10.0. The summed E-state index contributed by atoms with van der Waals surface area (Å²) in [6, 6.07) is -0.439. The van der Waals surface area contributed by atoms with Crippen LogP contribution in [0.3, 0.4) is 0 Å². The number of nitrogens with one attached hydrogen (secondary N) is 2. The van der Waals surface area contributed by atoms with Crippen LogP contribution in [0.4, 0.5) is 4.79 Å². The molecule has 4 nitrogen and oxygen atoms in total. The minimum Gasteiger partial charge on any atom is -0.352 e. The van der Waals surface area contributed by atoms with Crippen molar-refractivity contribution in [2.24, 2.45) is 11.7 Å². The second kappa shape index (κ2) is 7.51. The fourth-order valence-corrected chi connectivity index (χ4v) is 2.15. The lowest BCUT2D eigenvalue weighted by Crippen LogP contribution is -2.36. The Labute approximate surface area is 92.0 Å². The molecule has 1 rings (SSSR count). The Balaban J connectivity index is 1.96. The van der Waals surface area contributed by atoms with E-state index in [4.69, 9.17) is 5.73 Å². The van der Waals surface area contributed by atoms with Gasteiger partial charge in [-0.15, -0.1) is 0 Å². The molecular weight excluding hydrogens is 190 g/mol. The van der Waals surface area contributed by atoms with E-state index < -0.39 is 6.03 Å². The molecule has 88 valence electrons. The maximum atomic E-state index is 10.4. The van der Waals surface area contributed by atoms with Gasteiger partial charge in [0.15, 0.2) is 0 Å². The van der Waals surface area contributed by atoms with E-state index in [1.54, 1.807) is 0 Å². The van der Waals surface area contributed by atoms with Crippen LogP contribution in [0.2, 0.25) is 0 Å². The zero-order valence-corrected chi connectivity index (χ0v) is 9.43. The second-order valence-corrected chi connectivity index (χ2v) is 4.35. The normalized spacial score (nSPS) is 18.4. The summed E-state index contributed by atoms with van der Waals surface area (Å²) in [5, 5.41) is 5.94. The molecule has 0 atom stereocenters. The number of primary amides is 1. The number of carbonyl (C=O) groups is 1. The lowest BCUT2D eigenvalue weighted by Gasteiger charge is -2.14. The molecule has 1 aliphatic rings. The van der Waals surface area contributed by atoms with Crippen LogP contribution in [-0.4, -0.2) is 25.7 Å². The standard InChI is InChI=1S/C11H23N3O/c12-11(15)14-8-7-13-9-10-5-3-1-2-4-6-10/h10,13H,1-9H2,(H3,12,14,15). The molecule has 0 aromatic carbocycles. The van der Waals surface area contributed by atoms with Crippen LogP contribution >= 0.6 is 0 Å². The monoisotopic (exact) mass is 213 g/mol. The Kier molecular flexibility index (Phi) is 6.16. The van der Waals surface area contributed by atoms with Gasteiger partial charge in [-0.25, -0.2) is 4.79 Å². The van der Waals surface area contributed by atoms with E-state index in [1.807, 2.05) is 0 Å². The highest BCUT2D eigenvalue weighted by Gasteiger charge is 2.11. The van der Waals surface area contributed by atoms with Crippen LogP contribution in [0.25, 0.3) is 0 Å². The summed E-state index contributed by atoms with van der Waals surface area (Å²) in [4.78, 5) is 10.4. The smallest absolute Gasteiger partial charge is 0.312 e. The van der Waals surface area contributed by atoms with Gasteiger partial charge in [0.1, 0.15) is 0 Å². The first-order valence-electron chi connectivity index (χ1n) is 6.03. The molecule has 0 bridgehead atoms. The predicted molar refractivity (Wildman–Crippen MR) is 61.6 cm³/mol. The van der Waals surface area contributed by atoms with Gasteiger partial charge in [-0.2, -0.15) is 0 Å². The first-order chi connectivity index (χ1) is 7.29. The highest BCUT2D eigenvalue weighted by Crippen LogP contribution is 2.21. The number of hydrogen-bond acceptors (Lipinski definition) is 2. The Morgan fingerprint density at radius 2 is 1.80 bits per heavy atom. The summed E-state index contributed by atoms with van der Waals surface area (Å²) >= 11 is 0. The SMILES string of the molecule is NC(=O)NCCNCC1CCCCCC1. The van der Waals surface area contributed by atoms with E-state index in [0.717, 1.165) is 19.0 Å². The highest BCUT2D eigenvalue weighted by molar-refractivity contribution is 5.71. The van der Waals surface area contributed by atoms with Crippen molar-refractivity contribution in [1.82, 2.24) is 10.6 Å². The topological polar surface area (TPSA) is 67.2 Å². The van der Waals surface area contributed by atoms with Crippen molar-refractivity contribution in [3.63, 3.8) is 0 Å². The number of rotatable bonds is 5. The molecule has 0 spiro atoms. The zero-order chi connectivity index (χ0) is 10.9. The number of nitrogens with two attached hydrogens (primary N) is 1. The molecule has 0 radical (unpaired) electrons. The largest absolute Gasteiger partial charge is 0.352 e. The van der Waals surface area contributed by atoms with E-state index >= 15 is 0 Å². The van der Waals surface area contributed by atoms with Gasteiger partial charge in [0.25, 0.3) is 0 Å². The molecule has 0 aromatic rings. The van der Waals surface area contributed by atoms with Crippen molar-refractivity contribution in [2.75, 3.05) is 19.6 Å². The van der Waals surface area contributed by atoms with Crippen LogP contribution in [-0.2, 0) is 0 Å². The maximum absolute atomic E-state index is 10.4. The number of carbonyl (C=O) groups excluding carboxylic acids is 1. The fourth-order valence-electron chi connectivity index (χ4n) is 2.15. The van der Waals surface area contributed by atoms with Crippen molar-refractivity contribution in [3.05, 3.63) is 0 Å². The van der Waals surface area contributed by atoms with E-state index in [9.17, 15) is 4.79 Å². The minimum absolute atomic E-state index is 0.439. The molecule has 0 saturated heterocycles. The van der Waals surface area contributed by atoms with Gasteiger partial charge in [-0.1, -0.05) is 25.7 Å². The van der Waals surface area contributed by atoms with Gasteiger partial charge in [-0.05, 0) is 25.3 Å². The second-order valence-electron chi connectivity index (χ2n) is 4.35. The summed E-state index contributed by atoms with van der Waals surface area (Å²) in [6.07, 6.45) is 8.28. The van der Waals surface area contributed by atoms with Gasteiger partial charge >= 0.3 is 6.03 Å². The van der Waals surface area contributed by atoms with Gasteiger partial charge in [0, 0.05) is 13.1 Å². The van der Waals surface area contributed by atoms with E-state index in [2.05, 4.69) is 10.6 Å². The molecule has 0 unspecified atom stereocenters. The summed E-state index contributed by atoms with van der Waals surface area (Å²) in [7, 11) is 0. The Morgan fingerprint density at radius 1 is 1.13 bits per heavy atom.